The molecule has 0 saturated carbocycles. The average molecular weight is 365 g/mol. The van der Waals surface area contributed by atoms with Gasteiger partial charge in [0.1, 0.15) is 5.75 Å². The molecular weight excluding hydrogens is 351 g/mol. The van der Waals surface area contributed by atoms with Crippen molar-refractivity contribution in [3.05, 3.63) is 63.6 Å². The summed E-state index contributed by atoms with van der Waals surface area (Å²) < 4.78 is 5.20. The Morgan fingerprint density at radius 3 is 2.58 bits per heavy atom. The van der Waals surface area contributed by atoms with Gasteiger partial charge in [0, 0.05) is 16.7 Å². The normalized spacial score (nSPS) is 10.6. The molecule has 2 aromatic carbocycles. The van der Waals surface area contributed by atoms with E-state index in [9.17, 15) is 9.59 Å². The number of hydrogen-bond acceptors (Lipinski definition) is 3. The van der Waals surface area contributed by atoms with Crippen LogP contribution < -0.4 is 15.8 Å². The summed E-state index contributed by atoms with van der Waals surface area (Å²) in [7, 11) is 1.47. The number of benzene rings is 2. The molecule has 2 amide bonds. The van der Waals surface area contributed by atoms with E-state index in [4.69, 9.17) is 33.7 Å². The van der Waals surface area contributed by atoms with Crippen molar-refractivity contribution in [1.29, 1.82) is 0 Å². The summed E-state index contributed by atoms with van der Waals surface area (Å²) in [4.78, 5) is 23.4. The Bertz CT molecular complexity index is 819. The molecule has 2 rings (SSSR count). The molecule has 0 aliphatic heterocycles. The van der Waals surface area contributed by atoms with Crippen molar-refractivity contribution < 1.29 is 14.3 Å². The van der Waals surface area contributed by atoms with Crippen molar-refractivity contribution in [1.82, 2.24) is 0 Å². The lowest BCUT2D eigenvalue weighted by Gasteiger charge is -2.08. The fraction of sp³-hybridized carbons (Fsp3) is 0.0588. The molecule has 0 saturated heterocycles. The van der Waals surface area contributed by atoms with E-state index >= 15 is 0 Å². The molecule has 0 atom stereocenters. The molecule has 0 aromatic heterocycles. The van der Waals surface area contributed by atoms with Crippen LogP contribution in [0.1, 0.15) is 15.9 Å². The molecule has 5 nitrogen and oxygen atoms in total. The number of anilines is 1. The van der Waals surface area contributed by atoms with Gasteiger partial charge >= 0.3 is 0 Å². The SMILES string of the molecule is COc1c(Cl)cc(Cl)cc1C=CC(=O)Nc1ccccc1C(N)=O. The quantitative estimate of drug-likeness (QED) is 0.792. The monoisotopic (exact) mass is 364 g/mol. The van der Waals surface area contributed by atoms with Gasteiger partial charge in [0.2, 0.25) is 5.91 Å². The van der Waals surface area contributed by atoms with Gasteiger partial charge in [-0.2, -0.15) is 0 Å². The van der Waals surface area contributed by atoms with Crippen LogP contribution in [0.5, 0.6) is 5.75 Å². The first-order chi connectivity index (χ1) is 11.4. The molecule has 2 aromatic rings. The Morgan fingerprint density at radius 1 is 1.21 bits per heavy atom. The van der Waals surface area contributed by atoms with Crippen LogP contribution in [-0.4, -0.2) is 18.9 Å². The van der Waals surface area contributed by atoms with Crippen LogP contribution in [0.3, 0.4) is 0 Å². The van der Waals surface area contributed by atoms with Crippen LogP contribution >= 0.6 is 23.2 Å². The van der Waals surface area contributed by atoms with E-state index in [1.165, 1.54) is 25.3 Å². The number of para-hydroxylation sites is 1. The predicted molar refractivity (Wildman–Crippen MR) is 95.6 cm³/mol. The summed E-state index contributed by atoms with van der Waals surface area (Å²) in [5.41, 5.74) is 6.38. The highest BCUT2D eigenvalue weighted by Gasteiger charge is 2.10. The van der Waals surface area contributed by atoms with Gasteiger partial charge in [-0.3, -0.25) is 9.59 Å². The second kappa shape index (κ2) is 7.86. The lowest BCUT2D eigenvalue weighted by atomic mass is 10.1. The van der Waals surface area contributed by atoms with Crippen molar-refractivity contribution in [2.45, 2.75) is 0 Å². The smallest absolute Gasteiger partial charge is 0.250 e. The van der Waals surface area contributed by atoms with Crippen molar-refractivity contribution in [2.75, 3.05) is 12.4 Å². The van der Waals surface area contributed by atoms with Crippen LogP contribution in [0, 0.1) is 0 Å². The first-order valence-electron chi connectivity index (χ1n) is 6.83. The van der Waals surface area contributed by atoms with Gasteiger partial charge < -0.3 is 15.8 Å². The van der Waals surface area contributed by atoms with E-state index in [2.05, 4.69) is 5.32 Å². The van der Waals surface area contributed by atoms with E-state index in [1.807, 2.05) is 0 Å². The zero-order valence-corrected chi connectivity index (χ0v) is 14.2. The van der Waals surface area contributed by atoms with Gasteiger partial charge in [-0.15, -0.1) is 0 Å². The number of methoxy groups -OCH3 is 1. The molecule has 0 bridgehead atoms. The molecule has 24 heavy (non-hydrogen) atoms. The number of carbonyl (C=O) groups is 2. The van der Waals surface area contributed by atoms with Gasteiger partial charge in [0.25, 0.3) is 5.91 Å². The van der Waals surface area contributed by atoms with Crippen LogP contribution in [0.2, 0.25) is 10.0 Å². The summed E-state index contributed by atoms with van der Waals surface area (Å²) in [5, 5.41) is 3.35. The second-order valence-corrected chi connectivity index (χ2v) is 5.59. The Labute approximate surface area is 149 Å². The van der Waals surface area contributed by atoms with Gasteiger partial charge in [-0.25, -0.2) is 0 Å². The summed E-state index contributed by atoms with van der Waals surface area (Å²) in [6.07, 6.45) is 2.79. The summed E-state index contributed by atoms with van der Waals surface area (Å²) in [6.45, 7) is 0. The number of nitrogens with one attached hydrogen (secondary N) is 1. The largest absolute Gasteiger partial charge is 0.495 e. The Morgan fingerprint density at radius 2 is 1.92 bits per heavy atom. The van der Waals surface area contributed by atoms with Gasteiger partial charge in [-0.1, -0.05) is 35.3 Å². The molecule has 7 heteroatoms. The third kappa shape index (κ3) is 4.28. The van der Waals surface area contributed by atoms with E-state index in [0.717, 1.165) is 0 Å². The predicted octanol–water partition coefficient (Wildman–Crippen LogP) is 3.75. The van der Waals surface area contributed by atoms with Crippen LogP contribution in [0.25, 0.3) is 6.08 Å². The average Bonchev–Trinajstić information content (AvgIpc) is 2.52. The summed E-state index contributed by atoms with van der Waals surface area (Å²) >= 11 is 12.0. The van der Waals surface area contributed by atoms with Crippen molar-refractivity contribution in [3.63, 3.8) is 0 Å². The molecule has 0 spiro atoms. The lowest BCUT2D eigenvalue weighted by Crippen LogP contribution is -2.16. The number of carbonyl (C=O) groups excluding carboxylic acids is 2. The minimum Gasteiger partial charge on any atom is -0.495 e. The molecule has 0 fully saturated rings. The fourth-order valence-electron chi connectivity index (χ4n) is 2.07. The molecule has 0 radical (unpaired) electrons. The Balaban J connectivity index is 2.22. The number of ether oxygens (including phenoxy) is 1. The standard InChI is InChI=1S/C17H14Cl2N2O3/c1-24-16-10(8-11(18)9-13(16)19)6-7-15(22)21-14-5-3-2-4-12(14)17(20)23/h2-9H,1H3,(H2,20,23)(H,21,22). The van der Waals surface area contributed by atoms with E-state index in [-0.39, 0.29) is 5.56 Å². The minimum atomic E-state index is -0.627. The van der Waals surface area contributed by atoms with E-state index < -0.39 is 11.8 Å². The molecule has 0 unspecified atom stereocenters. The Kier molecular flexibility index (Phi) is 5.84. The first kappa shape index (κ1) is 17.8. The van der Waals surface area contributed by atoms with Crippen molar-refractivity contribution in [2.24, 2.45) is 5.73 Å². The van der Waals surface area contributed by atoms with Crippen molar-refractivity contribution in [3.8, 4) is 5.75 Å². The molecule has 0 aliphatic carbocycles. The molecule has 0 aliphatic rings. The third-order valence-corrected chi connectivity index (χ3v) is 3.60. The highest BCUT2D eigenvalue weighted by Crippen LogP contribution is 2.33. The number of rotatable bonds is 5. The topological polar surface area (TPSA) is 81.4 Å². The fourth-order valence-corrected chi connectivity index (χ4v) is 2.65. The zero-order chi connectivity index (χ0) is 17.7. The highest BCUT2D eigenvalue weighted by molar-refractivity contribution is 6.36. The maximum atomic E-state index is 12.1. The number of primary amides is 1. The van der Waals surface area contributed by atoms with Crippen LogP contribution in [0.15, 0.2) is 42.5 Å². The third-order valence-electron chi connectivity index (χ3n) is 3.11. The van der Waals surface area contributed by atoms with Crippen molar-refractivity contribution >= 4 is 46.8 Å². The molecular formula is C17H14Cl2N2O3. The maximum Gasteiger partial charge on any atom is 0.250 e. The lowest BCUT2D eigenvalue weighted by molar-refractivity contribution is -0.111. The number of nitrogens with two attached hydrogens (primary N) is 1. The van der Waals surface area contributed by atoms with E-state index in [0.29, 0.717) is 27.0 Å². The van der Waals surface area contributed by atoms with Gasteiger partial charge in [-0.05, 0) is 30.3 Å². The van der Waals surface area contributed by atoms with E-state index in [1.54, 1.807) is 30.3 Å². The summed E-state index contributed by atoms with van der Waals surface area (Å²) in [5.74, 6) is -0.664. The number of hydrogen-bond donors (Lipinski definition) is 2. The Hall–Kier alpha value is -2.50. The summed E-state index contributed by atoms with van der Waals surface area (Å²) in [6, 6.07) is 9.62. The number of halogens is 2. The maximum absolute atomic E-state index is 12.1. The van der Waals surface area contributed by atoms with Crippen LogP contribution in [-0.2, 0) is 4.79 Å². The second-order valence-electron chi connectivity index (χ2n) is 4.74. The van der Waals surface area contributed by atoms with Gasteiger partial charge in [0.15, 0.2) is 0 Å². The first-order valence-corrected chi connectivity index (χ1v) is 7.59. The highest BCUT2D eigenvalue weighted by atomic mass is 35.5. The zero-order valence-electron chi connectivity index (χ0n) is 12.7. The number of amides is 2. The molecule has 0 heterocycles. The van der Waals surface area contributed by atoms with Gasteiger partial charge in [0.05, 0.1) is 23.4 Å². The molecule has 124 valence electrons. The minimum absolute atomic E-state index is 0.225. The molecule has 3 N–H and O–H groups in total. The van der Waals surface area contributed by atoms with Crippen LogP contribution in [0.4, 0.5) is 5.69 Å².